The fourth-order valence-electron chi connectivity index (χ4n) is 3.18. The van der Waals surface area contributed by atoms with Crippen molar-refractivity contribution in [1.29, 1.82) is 0 Å². The second-order valence-corrected chi connectivity index (χ2v) is 8.92. The second kappa shape index (κ2) is 8.43. The quantitative estimate of drug-likeness (QED) is 0.747. The summed E-state index contributed by atoms with van der Waals surface area (Å²) >= 11 is 1.24. The Bertz CT molecular complexity index is 1040. The number of ether oxygens (including phenoxy) is 2. The number of thioether (sulfide) groups is 1. The zero-order valence-electron chi connectivity index (χ0n) is 17.2. The molecule has 0 radical (unpaired) electrons. The van der Waals surface area contributed by atoms with Gasteiger partial charge in [-0.3, -0.25) is 4.79 Å². The number of amides is 1. The number of carbonyl (C=O) groups excluding carboxylic acids is 1. The average Bonchev–Trinajstić information content (AvgIpc) is 3.06. The third-order valence-corrected chi connectivity index (χ3v) is 5.65. The van der Waals surface area contributed by atoms with Crippen LogP contribution in [0.5, 0.6) is 5.75 Å². The van der Waals surface area contributed by atoms with Crippen LogP contribution in [0.15, 0.2) is 40.2 Å². The summed E-state index contributed by atoms with van der Waals surface area (Å²) in [6, 6.07) is 6.56. The van der Waals surface area contributed by atoms with Crippen LogP contribution in [0.3, 0.4) is 0 Å². The molecule has 160 valence electrons. The maximum Gasteiger partial charge on any atom is 0.408 e. The van der Waals surface area contributed by atoms with Gasteiger partial charge in [-0.15, -0.1) is 11.8 Å². The standard InChI is InChI=1S/C21H24N2O6S/c1-21(2,3)29-20(27)22-15-11-30-17-14(19(25)26)10-23(18(24)16(15)17)9-12-6-5-7-13(8-12)28-4/h5-8,10,15H,9,11H2,1-4H3,(H,22,27)(H,25,26)/t15-/m0/s1. The number of carbonyl (C=O) groups is 2. The number of aromatic carboxylic acids is 1. The Balaban J connectivity index is 1.99. The molecule has 1 aliphatic rings. The number of aromatic nitrogens is 1. The maximum atomic E-state index is 13.2. The molecular formula is C21H24N2O6S. The van der Waals surface area contributed by atoms with Gasteiger partial charge in [0, 0.05) is 16.8 Å². The van der Waals surface area contributed by atoms with Gasteiger partial charge in [0.1, 0.15) is 11.4 Å². The van der Waals surface area contributed by atoms with Crippen LogP contribution in [0.1, 0.15) is 48.3 Å². The Labute approximate surface area is 178 Å². The van der Waals surface area contributed by atoms with E-state index in [0.717, 1.165) is 5.56 Å². The fraction of sp³-hybridized carbons (Fsp3) is 0.381. The minimum atomic E-state index is -1.13. The lowest BCUT2D eigenvalue weighted by molar-refractivity contribution is 0.0508. The van der Waals surface area contributed by atoms with E-state index in [1.54, 1.807) is 46.1 Å². The first-order chi connectivity index (χ1) is 14.1. The Morgan fingerprint density at radius 1 is 1.33 bits per heavy atom. The van der Waals surface area contributed by atoms with Crippen molar-refractivity contribution in [2.75, 3.05) is 12.9 Å². The Morgan fingerprint density at radius 2 is 2.07 bits per heavy atom. The topological polar surface area (TPSA) is 107 Å². The number of methoxy groups -OCH3 is 1. The molecule has 0 unspecified atom stereocenters. The summed E-state index contributed by atoms with van der Waals surface area (Å²) in [5.74, 6) is -0.135. The van der Waals surface area contributed by atoms with Gasteiger partial charge in [0.05, 0.1) is 30.8 Å². The lowest BCUT2D eigenvalue weighted by Crippen LogP contribution is -2.38. The molecule has 0 bridgehead atoms. The van der Waals surface area contributed by atoms with Crippen molar-refractivity contribution < 1.29 is 24.2 Å². The van der Waals surface area contributed by atoms with Crippen molar-refractivity contribution >= 4 is 23.8 Å². The molecule has 0 fully saturated rings. The number of carboxylic acid groups (broad SMARTS) is 1. The van der Waals surface area contributed by atoms with Crippen LogP contribution in [0.25, 0.3) is 0 Å². The first-order valence-electron chi connectivity index (χ1n) is 9.35. The molecule has 1 aromatic heterocycles. The number of fused-ring (bicyclic) bond motifs is 1. The second-order valence-electron chi connectivity index (χ2n) is 7.89. The predicted molar refractivity (Wildman–Crippen MR) is 113 cm³/mol. The van der Waals surface area contributed by atoms with Crippen molar-refractivity contribution in [3.05, 3.63) is 57.5 Å². The number of benzene rings is 1. The van der Waals surface area contributed by atoms with E-state index in [-0.39, 0.29) is 23.2 Å². The van der Waals surface area contributed by atoms with Crippen LogP contribution in [0, 0.1) is 0 Å². The first kappa shape index (κ1) is 21.8. The molecule has 0 saturated carbocycles. The molecule has 0 saturated heterocycles. The van der Waals surface area contributed by atoms with E-state index in [1.807, 2.05) is 6.07 Å². The third kappa shape index (κ3) is 4.79. The van der Waals surface area contributed by atoms with Gasteiger partial charge in [-0.1, -0.05) is 12.1 Å². The summed E-state index contributed by atoms with van der Waals surface area (Å²) in [7, 11) is 1.55. The van der Waals surface area contributed by atoms with Gasteiger partial charge in [-0.25, -0.2) is 9.59 Å². The SMILES string of the molecule is COc1cccc(Cn2cc(C(=O)O)c3c(c2=O)[C@@H](NC(=O)OC(C)(C)C)CS3)c1. The average molecular weight is 432 g/mol. The van der Waals surface area contributed by atoms with E-state index in [0.29, 0.717) is 16.4 Å². The lowest BCUT2D eigenvalue weighted by atomic mass is 10.1. The highest BCUT2D eigenvalue weighted by atomic mass is 32.2. The van der Waals surface area contributed by atoms with Crippen molar-refractivity contribution in [2.24, 2.45) is 0 Å². The minimum Gasteiger partial charge on any atom is -0.497 e. The normalized spacial score (nSPS) is 15.4. The van der Waals surface area contributed by atoms with Gasteiger partial charge < -0.3 is 24.5 Å². The molecule has 1 atom stereocenters. The van der Waals surface area contributed by atoms with Crippen LogP contribution in [0.2, 0.25) is 0 Å². The van der Waals surface area contributed by atoms with Crippen molar-refractivity contribution in [3.8, 4) is 5.75 Å². The van der Waals surface area contributed by atoms with Crippen molar-refractivity contribution in [1.82, 2.24) is 9.88 Å². The molecule has 2 N–H and O–H groups in total. The van der Waals surface area contributed by atoms with E-state index in [4.69, 9.17) is 9.47 Å². The molecule has 2 heterocycles. The largest absolute Gasteiger partial charge is 0.497 e. The highest BCUT2D eigenvalue weighted by molar-refractivity contribution is 7.99. The number of nitrogens with one attached hydrogen (secondary N) is 1. The summed E-state index contributed by atoms with van der Waals surface area (Å²) < 4.78 is 11.9. The summed E-state index contributed by atoms with van der Waals surface area (Å²) in [4.78, 5) is 37.6. The van der Waals surface area contributed by atoms with Crippen LogP contribution in [-0.2, 0) is 11.3 Å². The zero-order valence-corrected chi connectivity index (χ0v) is 18.0. The Morgan fingerprint density at radius 3 is 2.70 bits per heavy atom. The minimum absolute atomic E-state index is 0.0333. The predicted octanol–water partition coefficient (Wildman–Crippen LogP) is 3.27. The van der Waals surface area contributed by atoms with Gasteiger partial charge >= 0.3 is 12.1 Å². The molecule has 1 aromatic carbocycles. The molecule has 9 heteroatoms. The molecule has 30 heavy (non-hydrogen) atoms. The van der Waals surface area contributed by atoms with Crippen molar-refractivity contribution in [3.63, 3.8) is 0 Å². The van der Waals surface area contributed by atoms with Gasteiger partial charge in [0.2, 0.25) is 0 Å². The monoisotopic (exact) mass is 432 g/mol. The number of nitrogens with zero attached hydrogens (tertiary/aromatic N) is 1. The molecule has 0 aliphatic carbocycles. The summed E-state index contributed by atoms with van der Waals surface area (Å²) in [5.41, 5.74) is 0.0623. The van der Waals surface area contributed by atoms with Crippen LogP contribution in [0.4, 0.5) is 4.79 Å². The zero-order chi connectivity index (χ0) is 22.1. The van der Waals surface area contributed by atoms with E-state index in [1.165, 1.54) is 22.5 Å². The van der Waals surface area contributed by atoms with Gasteiger partial charge in [-0.05, 0) is 38.5 Å². The number of rotatable bonds is 5. The van der Waals surface area contributed by atoms with Gasteiger partial charge in [-0.2, -0.15) is 0 Å². The smallest absolute Gasteiger partial charge is 0.408 e. The fourth-order valence-corrected chi connectivity index (χ4v) is 4.45. The summed E-state index contributed by atoms with van der Waals surface area (Å²) in [5, 5.41) is 12.4. The molecule has 2 aromatic rings. The third-order valence-electron chi connectivity index (χ3n) is 4.42. The van der Waals surface area contributed by atoms with Crippen LogP contribution >= 0.6 is 11.8 Å². The highest BCUT2D eigenvalue weighted by Gasteiger charge is 2.34. The van der Waals surface area contributed by atoms with Crippen LogP contribution < -0.4 is 15.6 Å². The number of hydrogen-bond acceptors (Lipinski definition) is 6. The Hall–Kier alpha value is -2.94. The molecule has 0 spiro atoms. The lowest BCUT2D eigenvalue weighted by Gasteiger charge is -2.22. The summed E-state index contributed by atoms with van der Waals surface area (Å²) in [6.07, 6.45) is 0.701. The number of alkyl carbamates (subject to hydrolysis) is 1. The molecule has 3 rings (SSSR count). The van der Waals surface area contributed by atoms with E-state index < -0.39 is 23.7 Å². The first-order valence-corrected chi connectivity index (χ1v) is 10.3. The number of carboxylic acids is 1. The van der Waals surface area contributed by atoms with Gasteiger partial charge in [0.25, 0.3) is 5.56 Å². The summed E-state index contributed by atoms with van der Waals surface area (Å²) in [6.45, 7) is 5.40. The van der Waals surface area contributed by atoms with E-state index in [9.17, 15) is 19.5 Å². The van der Waals surface area contributed by atoms with E-state index in [2.05, 4.69) is 5.32 Å². The number of hydrogen-bond donors (Lipinski definition) is 2. The van der Waals surface area contributed by atoms with Crippen molar-refractivity contribution in [2.45, 2.75) is 43.9 Å². The molecule has 1 amide bonds. The maximum absolute atomic E-state index is 13.2. The van der Waals surface area contributed by atoms with Gasteiger partial charge in [0.15, 0.2) is 0 Å². The van der Waals surface area contributed by atoms with Crippen LogP contribution in [-0.4, -0.2) is 40.2 Å². The molecule has 8 nitrogen and oxygen atoms in total. The Kier molecular flexibility index (Phi) is 6.12. The molecule has 1 aliphatic heterocycles. The molecular weight excluding hydrogens is 408 g/mol. The van der Waals surface area contributed by atoms with E-state index >= 15 is 0 Å². The highest BCUT2D eigenvalue weighted by Crippen LogP contribution is 2.38. The number of pyridine rings is 1.